The first-order valence-corrected chi connectivity index (χ1v) is 7.72. The van der Waals surface area contributed by atoms with E-state index in [1.165, 1.54) is 11.5 Å². The minimum absolute atomic E-state index is 0.110. The number of nitrogen functional groups attached to an aromatic ring is 1. The third kappa shape index (κ3) is 4.08. The number of aromatic nitrogens is 1. The predicted octanol–water partition coefficient (Wildman–Crippen LogP) is 1.37. The molecular weight excluding hydrogens is 274 g/mol. The molecular formula is C13H23N5OS. The van der Waals surface area contributed by atoms with E-state index >= 15 is 0 Å². The van der Waals surface area contributed by atoms with E-state index in [4.69, 9.17) is 5.73 Å². The second-order valence-corrected chi connectivity index (χ2v) is 6.43. The van der Waals surface area contributed by atoms with Gasteiger partial charge in [-0.25, -0.2) is 0 Å². The standard InChI is InChI=1S/C13H23N5OS/c1-8(6-7-18(2)3)15-13-10(11(14)17-20-13)12(19)16-9-4-5-9/h8-9,15H,4-7H2,1-3H3,(H2,14,17)(H,16,19). The lowest BCUT2D eigenvalue weighted by molar-refractivity contribution is 0.0953. The number of nitrogens with one attached hydrogen (secondary N) is 2. The molecule has 1 aromatic heterocycles. The van der Waals surface area contributed by atoms with E-state index in [0.29, 0.717) is 17.4 Å². The molecule has 1 aromatic rings. The van der Waals surface area contributed by atoms with Crippen molar-refractivity contribution in [1.82, 2.24) is 14.6 Å². The molecule has 1 aliphatic rings. The molecule has 112 valence electrons. The lowest BCUT2D eigenvalue weighted by Gasteiger charge is -2.17. The Labute approximate surface area is 123 Å². The van der Waals surface area contributed by atoms with E-state index in [0.717, 1.165) is 30.8 Å². The third-order valence-electron chi connectivity index (χ3n) is 3.24. The van der Waals surface area contributed by atoms with Crippen LogP contribution in [0.1, 0.15) is 36.5 Å². The largest absolute Gasteiger partial charge is 0.382 e. The van der Waals surface area contributed by atoms with Crippen LogP contribution in [0.2, 0.25) is 0 Å². The van der Waals surface area contributed by atoms with Crippen LogP contribution >= 0.6 is 11.5 Å². The van der Waals surface area contributed by atoms with Crippen LogP contribution < -0.4 is 16.4 Å². The number of amides is 1. The van der Waals surface area contributed by atoms with E-state index in [2.05, 4.69) is 26.8 Å². The first-order chi connectivity index (χ1) is 9.47. The van der Waals surface area contributed by atoms with E-state index < -0.39 is 0 Å². The van der Waals surface area contributed by atoms with Gasteiger partial charge in [-0.05, 0) is 58.4 Å². The van der Waals surface area contributed by atoms with Crippen LogP contribution in [0.4, 0.5) is 10.8 Å². The van der Waals surface area contributed by atoms with Crippen molar-refractivity contribution in [2.45, 2.75) is 38.3 Å². The van der Waals surface area contributed by atoms with Gasteiger partial charge in [0.15, 0.2) is 5.82 Å². The summed E-state index contributed by atoms with van der Waals surface area (Å²) in [6, 6.07) is 0.588. The van der Waals surface area contributed by atoms with Gasteiger partial charge in [0, 0.05) is 12.1 Å². The molecule has 4 N–H and O–H groups in total. The van der Waals surface area contributed by atoms with Crippen molar-refractivity contribution in [2.75, 3.05) is 31.7 Å². The van der Waals surface area contributed by atoms with Gasteiger partial charge in [-0.15, -0.1) is 0 Å². The first kappa shape index (κ1) is 15.1. The van der Waals surface area contributed by atoms with Crippen molar-refractivity contribution >= 4 is 28.3 Å². The molecule has 0 bridgehead atoms. The summed E-state index contributed by atoms with van der Waals surface area (Å²) in [6.45, 7) is 3.09. The molecule has 0 spiro atoms. The van der Waals surface area contributed by atoms with Gasteiger partial charge in [0.1, 0.15) is 10.6 Å². The minimum Gasteiger partial charge on any atom is -0.382 e. The number of rotatable bonds is 7. The fourth-order valence-electron chi connectivity index (χ4n) is 1.85. The number of anilines is 2. The Hall–Kier alpha value is -1.34. The van der Waals surface area contributed by atoms with Crippen LogP contribution in [-0.2, 0) is 0 Å². The van der Waals surface area contributed by atoms with Gasteiger partial charge < -0.3 is 21.3 Å². The summed E-state index contributed by atoms with van der Waals surface area (Å²) in [7, 11) is 4.10. The smallest absolute Gasteiger partial charge is 0.258 e. The van der Waals surface area contributed by atoms with Gasteiger partial charge >= 0.3 is 0 Å². The minimum atomic E-state index is -0.110. The zero-order valence-electron chi connectivity index (χ0n) is 12.3. The second kappa shape index (κ2) is 6.41. The Kier molecular flexibility index (Phi) is 4.82. The van der Waals surface area contributed by atoms with E-state index in [-0.39, 0.29) is 11.9 Å². The van der Waals surface area contributed by atoms with Gasteiger partial charge in [0.2, 0.25) is 0 Å². The molecule has 1 aliphatic carbocycles. The zero-order chi connectivity index (χ0) is 14.7. The summed E-state index contributed by atoms with van der Waals surface area (Å²) in [6.07, 6.45) is 3.12. The second-order valence-electron chi connectivity index (χ2n) is 5.66. The van der Waals surface area contributed by atoms with Crippen LogP contribution in [0.25, 0.3) is 0 Å². The highest BCUT2D eigenvalue weighted by atomic mass is 32.1. The van der Waals surface area contributed by atoms with Crippen molar-refractivity contribution < 1.29 is 4.79 Å². The molecule has 0 radical (unpaired) electrons. The average Bonchev–Trinajstić information content (AvgIpc) is 3.10. The van der Waals surface area contributed by atoms with Crippen molar-refractivity contribution in [3.8, 4) is 0 Å². The number of nitrogens with two attached hydrogens (primary N) is 1. The predicted molar refractivity (Wildman–Crippen MR) is 83.3 cm³/mol. The Bertz CT molecular complexity index is 469. The average molecular weight is 297 g/mol. The van der Waals surface area contributed by atoms with Crippen LogP contribution in [0, 0.1) is 0 Å². The Morgan fingerprint density at radius 1 is 1.55 bits per heavy atom. The molecule has 1 fully saturated rings. The van der Waals surface area contributed by atoms with Crippen LogP contribution in [0.5, 0.6) is 0 Å². The highest BCUT2D eigenvalue weighted by Crippen LogP contribution is 2.29. The molecule has 7 heteroatoms. The van der Waals surface area contributed by atoms with Gasteiger partial charge in [-0.3, -0.25) is 4.79 Å². The highest BCUT2D eigenvalue weighted by Gasteiger charge is 2.27. The SMILES string of the molecule is CC(CCN(C)C)Nc1snc(N)c1C(=O)NC1CC1. The Morgan fingerprint density at radius 2 is 2.25 bits per heavy atom. The fraction of sp³-hybridized carbons (Fsp3) is 0.692. The molecule has 0 aromatic carbocycles. The number of nitrogens with zero attached hydrogens (tertiary/aromatic N) is 2. The Balaban J connectivity index is 1.98. The van der Waals surface area contributed by atoms with Gasteiger partial charge in [0.25, 0.3) is 5.91 Å². The zero-order valence-corrected chi connectivity index (χ0v) is 13.1. The molecule has 1 unspecified atom stereocenters. The topological polar surface area (TPSA) is 83.3 Å². The molecule has 0 aliphatic heterocycles. The van der Waals surface area contributed by atoms with Gasteiger partial charge in [-0.2, -0.15) is 4.37 Å². The van der Waals surface area contributed by atoms with E-state index in [1.54, 1.807) is 0 Å². The molecule has 20 heavy (non-hydrogen) atoms. The van der Waals surface area contributed by atoms with Crippen LogP contribution in [0.15, 0.2) is 0 Å². The number of carbonyl (C=O) groups is 1. The van der Waals surface area contributed by atoms with Crippen molar-refractivity contribution in [3.05, 3.63) is 5.56 Å². The quantitative estimate of drug-likeness (QED) is 0.708. The van der Waals surface area contributed by atoms with Crippen LogP contribution in [0.3, 0.4) is 0 Å². The maximum Gasteiger partial charge on any atom is 0.258 e. The van der Waals surface area contributed by atoms with Crippen molar-refractivity contribution in [2.24, 2.45) is 0 Å². The maximum absolute atomic E-state index is 12.2. The summed E-state index contributed by atoms with van der Waals surface area (Å²) >= 11 is 1.25. The lowest BCUT2D eigenvalue weighted by Crippen LogP contribution is -2.28. The molecule has 0 saturated heterocycles. The summed E-state index contributed by atoms with van der Waals surface area (Å²) < 4.78 is 4.10. The molecule has 2 rings (SSSR count). The number of carbonyl (C=O) groups excluding carboxylic acids is 1. The summed E-state index contributed by atoms with van der Waals surface area (Å²) in [5.74, 6) is 0.205. The fourth-order valence-corrected chi connectivity index (χ4v) is 2.68. The molecule has 1 atom stereocenters. The van der Waals surface area contributed by atoms with E-state index in [1.807, 2.05) is 14.1 Å². The van der Waals surface area contributed by atoms with Crippen LogP contribution in [-0.4, -0.2) is 47.9 Å². The molecule has 6 nitrogen and oxygen atoms in total. The molecule has 1 saturated carbocycles. The molecule has 1 amide bonds. The first-order valence-electron chi connectivity index (χ1n) is 6.94. The van der Waals surface area contributed by atoms with E-state index in [9.17, 15) is 4.79 Å². The number of hydrogen-bond donors (Lipinski definition) is 3. The third-order valence-corrected chi connectivity index (χ3v) is 4.04. The number of hydrogen-bond acceptors (Lipinski definition) is 6. The van der Waals surface area contributed by atoms with Gasteiger partial charge in [-0.1, -0.05) is 0 Å². The monoisotopic (exact) mass is 297 g/mol. The normalized spacial score (nSPS) is 16.2. The van der Waals surface area contributed by atoms with Crippen molar-refractivity contribution in [1.29, 1.82) is 0 Å². The Morgan fingerprint density at radius 3 is 2.85 bits per heavy atom. The summed E-state index contributed by atoms with van der Waals surface area (Å²) in [4.78, 5) is 14.3. The maximum atomic E-state index is 12.2. The molecule has 1 heterocycles. The highest BCUT2D eigenvalue weighted by molar-refractivity contribution is 7.11. The lowest BCUT2D eigenvalue weighted by atomic mass is 10.2. The summed E-state index contributed by atoms with van der Waals surface area (Å²) in [5.41, 5.74) is 6.33. The van der Waals surface area contributed by atoms with Crippen molar-refractivity contribution in [3.63, 3.8) is 0 Å². The summed E-state index contributed by atoms with van der Waals surface area (Å²) in [5, 5.41) is 7.08. The van der Waals surface area contributed by atoms with Gasteiger partial charge in [0.05, 0.1) is 0 Å².